The van der Waals surface area contributed by atoms with Crippen LogP contribution in [0.2, 0.25) is 0 Å². The van der Waals surface area contributed by atoms with Gasteiger partial charge in [0.1, 0.15) is 0 Å². The van der Waals surface area contributed by atoms with Crippen molar-refractivity contribution in [1.82, 2.24) is 0 Å². The molecular formula is C11H14O. The van der Waals surface area contributed by atoms with E-state index in [1.54, 1.807) is 0 Å². The van der Waals surface area contributed by atoms with Crippen LogP contribution in [0.3, 0.4) is 0 Å². The van der Waals surface area contributed by atoms with E-state index >= 15 is 0 Å². The molecule has 0 aromatic carbocycles. The van der Waals surface area contributed by atoms with Crippen molar-refractivity contribution in [1.29, 1.82) is 0 Å². The van der Waals surface area contributed by atoms with Crippen LogP contribution in [0.5, 0.6) is 0 Å². The molecule has 3 rings (SSSR count). The van der Waals surface area contributed by atoms with E-state index in [1.807, 2.05) is 0 Å². The lowest BCUT2D eigenvalue weighted by Crippen LogP contribution is -2.37. The largest absolute Gasteiger partial charge is 0.380 e. The molecule has 1 heterocycles. The van der Waals surface area contributed by atoms with Gasteiger partial charge in [-0.05, 0) is 25.7 Å². The molecule has 2 saturated carbocycles. The average Bonchev–Trinajstić information content (AvgIpc) is 2.93. The van der Waals surface area contributed by atoms with Gasteiger partial charge in [0, 0.05) is 16.7 Å². The summed E-state index contributed by atoms with van der Waals surface area (Å²) in [6.07, 6.45) is 10.9. The lowest BCUT2D eigenvalue weighted by atomic mass is 9.76. The molecule has 2 aliphatic carbocycles. The first kappa shape index (κ1) is 6.97. The lowest BCUT2D eigenvalue weighted by Gasteiger charge is -2.35. The van der Waals surface area contributed by atoms with E-state index in [-0.39, 0.29) is 0 Å². The lowest BCUT2D eigenvalue weighted by molar-refractivity contribution is -0.0342. The molecule has 1 aliphatic heterocycles. The predicted octanol–water partition coefficient (Wildman–Crippen LogP) is 1.83. The minimum absolute atomic E-state index is 0.434. The molecule has 0 aromatic heterocycles. The highest BCUT2D eigenvalue weighted by atomic mass is 16.5. The zero-order valence-corrected chi connectivity index (χ0v) is 7.31. The van der Waals surface area contributed by atoms with E-state index in [0.29, 0.717) is 16.7 Å². The Kier molecular flexibility index (Phi) is 1.09. The molecule has 3 aliphatic rings. The maximum atomic E-state index is 5.66. The first-order valence-electron chi connectivity index (χ1n) is 4.85. The van der Waals surface area contributed by atoms with Crippen LogP contribution in [0.1, 0.15) is 25.7 Å². The quantitative estimate of drug-likeness (QED) is 0.494. The summed E-state index contributed by atoms with van der Waals surface area (Å²) in [6, 6.07) is 0. The van der Waals surface area contributed by atoms with Crippen molar-refractivity contribution in [3.63, 3.8) is 0 Å². The fourth-order valence-electron chi connectivity index (χ4n) is 2.81. The van der Waals surface area contributed by atoms with Gasteiger partial charge in [-0.15, -0.1) is 12.3 Å². The summed E-state index contributed by atoms with van der Waals surface area (Å²) >= 11 is 0. The Morgan fingerprint density at radius 2 is 1.58 bits per heavy atom. The third kappa shape index (κ3) is 0.696. The second kappa shape index (κ2) is 1.88. The molecule has 2 spiro atoms. The molecule has 0 amide bonds. The first-order chi connectivity index (χ1) is 5.81. The third-order valence-corrected chi connectivity index (χ3v) is 3.95. The summed E-state index contributed by atoms with van der Waals surface area (Å²) in [7, 11) is 0. The Bertz CT molecular complexity index is 233. The standard InChI is InChI=1S/C11H14O/c1-2-9-10(3-4-10)7-12-8-11(9)5-6-11/h1,9H,3-8H2. The molecule has 0 N–H and O–H groups in total. The SMILES string of the molecule is C#CC1C2(CC2)COCC12CC2. The molecule has 64 valence electrons. The Morgan fingerprint density at radius 1 is 1.08 bits per heavy atom. The molecule has 3 fully saturated rings. The summed E-state index contributed by atoms with van der Waals surface area (Å²) in [5.41, 5.74) is 0.868. The number of hydrogen-bond acceptors (Lipinski definition) is 1. The normalized spacial score (nSPS) is 34.9. The monoisotopic (exact) mass is 162 g/mol. The van der Waals surface area contributed by atoms with Gasteiger partial charge in [-0.2, -0.15) is 0 Å². The van der Waals surface area contributed by atoms with Gasteiger partial charge in [-0.25, -0.2) is 0 Å². The van der Waals surface area contributed by atoms with Gasteiger partial charge >= 0.3 is 0 Å². The van der Waals surface area contributed by atoms with Crippen molar-refractivity contribution < 1.29 is 4.74 Å². The smallest absolute Gasteiger partial charge is 0.0534 e. The van der Waals surface area contributed by atoms with Crippen molar-refractivity contribution in [2.24, 2.45) is 16.7 Å². The van der Waals surface area contributed by atoms with Crippen LogP contribution in [-0.4, -0.2) is 13.2 Å². The van der Waals surface area contributed by atoms with Crippen LogP contribution >= 0.6 is 0 Å². The van der Waals surface area contributed by atoms with Crippen LogP contribution in [0.15, 0.2) is 0 Å². The van der Waals surface area contributed by atoms with Gasteiger partial charge in [0.25, 0.3) is 0 Å². The molecule has 0 atom stereocenters. The highest BCUT2D eigenvalue weighted by molar-refractivity contribution is 5.21. The summed E-state index contributed by atoms with van der Waals surface area (Å²) in [5, 5.41) is 0. The maximum Gasteiger partial charge on any atom is 0.0534 e. The van der Waals surface area contributed by atoms with E-state index in [2.05, 4.69) is 5.92 Å². The van der Waals surface area contributed by atoms with Crippen molar-refractivity contribution in [3.8, 4) is 12.3 Å². The molecule has 0 radical (unpaired) electrons. The molecule has 1 heteroatoms. The fraction of sp³-hybridized carbons (Fsp3) is 0.818. The van der Waals surface area contributed by atoms with Crippen LogP contribution in [0.25, 0.3) is 0 Å². The van der Waals surface area contributed by atoms with Crippen molar-refractivity contribution in [3.05, 3.63) is 0 Å². The second-order valence-electron chi connectivity index (χ2n) is 4.82. The summed E-state index contributed by atoms with van der Waals surface area (Å²) in [4.78, 5) is 0. The van der Waals surface area contributed by atoms with E-state index in [9.17, 15) is 0 Å². The van der Waals surface area contributed by atoms with Crippen LogP contribution in [0.4, 0.5) is 0 Å². The molecular weight excluding hydrogens is 148 g/mol. The Morgan fingerprint density at radius 3 is 1.92 bits per heavy atom. The van der Waals surface area contributed by atoms with Crippen molar-refractivity contribution in [2.75, 3.05) is 13.2 Å². The third-order valence-electron chi connectivity index (χ3n) is 3.95. The zero-order valence-electron chi connectivity index (χ0n) is 7.31. The molecule has 1 nitrogen and oxygen atoms in total. The average molecular weight is 162 g/mol. The predicted molar refractivity (Wildman–Crippen MR) is 46.5 cm³/mol. The van der Waals surface area contributed by atoms with Crippen LogP contribution in [-0.2, 0) is 4.74 Å². The molecule has 1 saturated heterocycles. The van der Waals surface area contributed by atoms with Crippen molar-refractivity contribution >= 4 is 0 Å². The maximum absolute atomic E-state index is 5.66. The van der Waals surface area contributed by atoms with Crippen LogP contribution < -0.4 is 0 Å². The Hall–Kier alpha value is -0.480. The van der Waals surface area contributed by atoms with Gasteiger partial charge in [0.15, 0.2) is 0 Å². The summed E-state index contributed by atoms with van der Waals surface area (Å²) < 4.78 is 5.66. The first-order valence-corrected chi connectivity index (χ1v) is 4.85. The Labute approximate surface area is 73.5 Å². The minimum Gasteiger partial charge on any atom is -0.380 e. The summed E-state index contributed by atoms with van der Waals surface area (Å²) in [6.45, 7) is 1.87. The van der Waals surface area contributed by atoms with Gasteiger partial charge in [-0.3, -0.25) is 0 Å². The fourth-order valence-corrected chi connectivity index (χ4v) is 2.81. The summed E-state index contributed by atoms with van der Waals surface area (Å²) in [5.74, 6) is 3.57. The zero-order chi connectivity index (χ0) is 8.23. The molecule has 12 heavy (non-hydrogen) atoms. The van der Waals surface area contributed by atoms with E-state index in [4.69, 9.17) is 11.2 Å². The number of terminal acetylenes is 1. The van der Waals surface area contributed by atoms with Gasteiger partial charge in [0.2, 0.25) is 0 Å². The molecule has 0 unspecified atom stereocenters. The van der Waals surface area contributed by atoms with E-state index in [0.717, 1.165) is 13.2 Å². The van der Waals surface area contributed by atoms with Gasteiger partial charge in [0.05, 0.1) is 13.2 Å². The number of hydrogen-bond donors (Lipinski definition) is 0. The van der Waals surface area contributed by atoms with Crippen LogP contribution in [0, 0.1) is 29.1 Å². The highest BCUT2D eigenvalue weighted by Crippen LogP contribution is 2.67. The number of ether oxygens (including phenoxy) is 1. The Balaban J connectivity index is 1.94. The number of rotatable bonds is 0. The van der Waals surface area contributed by atoms with Gasteiger partial charge in [-0.1, -0.05) is 0 Å². The van der Waals surface area contributed by atoms with E-state index < -0.39 is 0 Å². The topological polar surface area (TPSA) is 9.23 Å². The highest BCUT2D eigenvalue weighted by Gasteiger charge is 2.64. The molecule has 0 bridgehead atoms. The van der Waals surface area contributed by atoms with Crippen molar-refractivity contribution in [2.45, 2.75) is 25.7 Å². The van der Waals surface area contributed by atoms with E-state index in [1.165, 1.54) is 25.7 Å². The molecule has 0 aromatic rings. The second-order valence-corrected chi connectivity index (χ2v) is 4.82. The van der Waals surface area contributed by atoms with Gasteiger partial charge < -0.3 is 4.74 Å². The minimum atomic E-state index is 0.434.